The first-order valence-electron chi connectivity index (χ1n) is 8.70. The molecule has 0 atom stereocenters. The van der Waals surface area contributed by atoms with Crippen LogP contribution in [0.1, 0.15) is 24.2 Å². The van der Waals surface area contributed by atoms with Crippen molar-refractivity contribution in [2.45, 2.75) is 18.7 Å². The standard InChI is InChI=1S/C19H23N3O5S/c1-3-22(4-2)28(25,26)17-11-7-15(8-12-17)21-18(23)13-27-16-9-5-14(6-10-16)19(20)24/h5-12H,3-4,13H2,1-2H3,(H2,20,24)(H,21,23). The molecule has 9 heteroatoms. The summed E-state index contributed by atoms with van der Waals surface area (Å²) >= 11 is 0. The molecule has 2 amide bonds. The largest absolute Gasteiger partial charge is 0.484 e. The van der Waals surface area contributed by atoms with Crippen LogP contribution >= 0.6 is 0 Å². The SMILES string of the molecule is CCN(CC)S(=O)(=O)c1ccc(NC(=O)COc2ccc(C(N)=O)cc2)cc1. The topological polar surface area (TPSA) is 119 Å². The van der Waals surface area contributed by atoms with E-state index in [0.29, 0.717) is 30.1 Å². The first-order chi connectivity index (χ1) is 13.3. The molecule has 0 aromatic heterocycles. The molecule has 0 fully saturated rings. The van der Waals surface area contributed by atoms with Crippen molar-refractivity contribution in [3.8, 4) is 5.75 Å². The fraction of sp³-hybridized carbons (Fsp3) is 0.263. The average Bonchev–Trinajstić information content (AvgIpc) is 2.68. The molecule has 0 saturated heterocycles. The third-order valence-electron chi connectivity index (χ3n) is 3.99. The normalized spacial score (nSPS) is 11.2. The van der Waals surface area contributed by atoms with Crippen molar-refractivity contribution in [2.75, 3.05) is 25.0 Å². The minimum atomic E-state index is -3.54. The van der Waals surface area contributed by atoms with Crippen molar-refractivity contribution in [1.29, 1.82) is 0 Å². The third-order valence-corrected chi connectivity index (χ3v) is 6.05. The highest BCUT2D eigenvalue weighted by atomic mass is 32.2. The Labute approximate surface area is 164 Å². The Morgan fingerprint density at radius 2 is 1.57 bits per heavy atom. The molecule has 0 heterocycles. The van der Waals surface area contributed by atoms with E-state index in [1.54, 1.807) is 26.0 Å². The molecule has 8 nitrogen and oxygen atoms in total. The number of benzene rings is 2. The molecular formula is C19H23N3O5S. The Balaban J connectivity index is 1.94. The number of ether oxygens (including phenoxy) is 1. The number of nitrogens with one attached hydrogen (secondary N) is 1. The molecule has 0 saturated carbocycles. The van der Waals surface area contributed by atoms with Gasteiger partial charge in [-0.05, 0) is 48.5 Å². The van der Waals surface area contributed by atoms with E-state index >= 15 is 0 Å². The van der Waals surface area contributed by atoms with Crippen LogP contribution in [0.3, 0.4) is 0 Å². The van der Waals surface area contributed by atoms with Crippen LogP contribution in [0.15, 0.2) is 53.4 Å². The van der Waals surface area contributed by atoms with Gasteiger partial charge in [-0.3, -0.25) is 9.59 Å². The predicted octanol–water partition coefficient (Wildman–Crippen LogP) is 1.83. The van der Waals surface area contributed by atoms with E-state index in [-0.39, 0.29) is 11.5 Å². The molecule has 0 unspecified atom stereocenters. The molecule has 28 heavy (non-hydrogen) atoms. The zero-order valence-electron chi connectivity index (χ0n) is 15.7. The van der Waals surface area contributed by atoms with E-state index in [4.69, 9.17) is 10.5 Å². The summed E-state index contributed by atoms with van der Waals surface area (Å²) in [6, 6.07) is 12.0. The zero-order chi connectivity index (χ0) is 20.7. The van der Waals surface area contributed by atoms with Crippen molar-refractivity contribution in [2.24, 2.45) is 5.73 Å². The molecule has 0 aliphatic rings. The summed E-state index contributed by atoms with van der Waals surface area (Å²) in [5, 5.41) is 2.63. The van der Waals surface area contributed by atoms with Crippen molar-refractivity contribution in [3.05, 3.63) is 54.1 Å². The molecule has 3 N–H and O–H groups in total. The number of primary amides is 1. The lowest BCUT2D eigenvalue weighted by molar-refractivity contribution is -0.118. The summed E-state index contributed by atoms with van der Waals surface area (Å²) in [6.07, 6.45) is 0. The number of amides is 2. The molecule has 0 spiro atoms. The summed E-state index contributed by atoms with van der Waals surface area (Å²) in [6.45, 7) is 4.08. The van der Waals surface area contributed by atoms with E-state index < -0.39 is 21.8 Å². The van der Waals surface area contributed by atoms with Crippen LogP contribution in [0.25, 0.3) is 0 Å². The highest BCUT2D eigenvalue weighted by molar-refractivity contribution is 7.89. The lowest BCUT2D eigenvalue weighted by Gasteiger charge is -2.18. The Hall–Kier alpha value is -2.91. The van der Waals surface area contributed by atoms with Crippen molar-refractivity contribution in [3.63, 3.8) is 0 Å². The van der Waals surface area contributed by atoms with Crippen LogP contribution in [0, 0.1) is 0 Å². The number of hydrogen-bond acceptors (Lipinski definition) is 5. The average molecular weight is 405 g/mol. The van der Waals surface area contributed by atoms with Crippen molar-refractivity contribution in [1.82, 2.24) is 4.31 Å². The number of nitrogens with two attached hydrogens (primary N) is 1. The number of carbonyl (C=O) groups is 2. The van der Waals surface area contributed by atoms with Gasteiger partial charge >= 0.3 is 0 Å². The fourth-order valence-electron chi connectivity index (χ4n) is 2.48. The third kappa shape index (κ3) is 5.30. The molecule has 0 radical (unpaired) electrons. The van der Waals surface area contributed by atoms with Gasteiger partial charge in [-0.15, -0.1) is 0 Å². The number of rotatable bonds is 9. The fourth-order valence-corrected chi connectivity index (χ4v) is 3.94. The van der Waals surface area contributed by atoms with Crippen LogP contribution < -0.4 is 15.8 Å². The van der Waals surface area contributed by atoms with Gasteiger partial charge in [0.25, 0.3) is 5.91 Å². The van der Waals surface area contributed by atoms with E-state index in [1.807, 2.05) is 0 Å². The number of hydrogen-bond donors (Lipinski definition) is 2. The Kier molecular flexibility index (Phi) is 7.13. The lowest BCUT2D eigenvalue weighted by atomic mass is 10.2. The molecule has 150 valence electrons. The van der Waals surface area contributed by atoms with Gasteiger partial charge in [0.2, 0.25) is 15.9 Å². The van der Waals surface area contributed by atoms with Gasteiger partial charge < -0.3 is 15.8 Å². The summed E-state index contributed by atoms with van der Waals surface area (Å²) in [5.74, 6) is -0.533. The maximum Gasteiger partial charge on any atom is 0.262 e. The summed E-state index contributed by atoms with van der Waals surface area (Å²) in [4.78, 5) is 23.2. The quantitative estimate of drug-likeness (QED) is 0.660. The van der Waals surface area contributed by atoms with Crippen LogP contribution in [0.2, 0.25) is 0 Å². The monoisotopic (exact) mass is 405 g/mol. The van der Waals surface area contributed by atoms with Gasteiger partial charge in [0.1, 0.15) is 5.75 Å². The van der Waals surface area contributed by atoms with Crippen LogP contribution in [0.5, 0.6) is 5.75 Å². The van der Waals surface area contributed by atoms with Gasteiger partial charge in [0, 0.05) is 24.3 Å². The van der Waals surface area contributed by atoms with Crippen molar-refractivity contribution >= 4 is 27.5 Å². The zero-order valence-corrected chi connectivity index (χ0v) is 16.5. The molecule has 0 aliphatic heterocycles. The van der Waals surface area contributed by atoms with E-state index in [9.17, 15) is 18.0 Å². The first kappa shape index (κ1) is 21.4. The van der Waals surface area contributed by atoms with Gasteiger partial charge in [0.15, 0.2) is 6.61 Å². The Morgan fingerprint density at radius 1 is 1.00 bits per heavy atom. The van der Waals surface area contributed by atoms with E-state index in [1.165, 1.54) is 40.7 Å². The smallest absolute Gasteiger partial charge is 0.262 e. The minimum Gasteiger partial charge on any atom is -0.484 e. The van der Waals surface area contributed by atoms with Crippen LogP contribution in [-0.4, -0.2) is 44.2 Å². The van der Waals surface area contributed by atoms with Crippen LogP contribution in [-0.2, 0) is 14.8 Å². The lowest BCUT2D eigenvalue weighted by Crippen LogP contribution is -2.30. The number of sulfonamides is 1. The highest BCUT2D eigenvalue weighted by Crippen LogP contribution is 2.18. The molecule has 2 rings (SSSR count). The molecule has 0 aliphatic carbocycles. The van der Waals surface area contributed by atoms with Gasteiger partial charge in [-0.1, -0.05) is 13.8 Å². The minimum absolute atomic E-state index is 0.167. The highest BCUT2D eigenvalue weighted by Gasteiger charge is 2.21. The van der Waals surface area contributed by atoms with Gasteiger partial charge in [-0.2, -0.15) is 4.31 Å². The number of carbonyl (C=O) groups excluding carboxylic acids is 2. The van der Waals surface area contributed by atoms with E-state index in [0.717, 1.165) is 0 Å². The molecule has 2 aromatic carbocycles. The molecule has 2 aromatic rings. The summed E-state index contributed by atoms with van der Waals surface area (Å²) < 4.78 is 31.6. The first-order valence-corrected chi connectivity index (χ1v) is 10.1. The summed E-state index contributed by atoms with van der Waals surface area (Å²) in [5.41, 5.74) is 5.96. The second-order valence-corrected chi connectivity index (χ2v) is 7.78. The number of anilines is 1. The van der Waals surface area contributed by atoms with E-state index in [2.05, 4.69) is 5.32 Å². The molecule has 0 bridgehead atoms. The van der Waals surface area contributed by atoms with Crippen LogP contribution in [0.4, 0.5) is 5.69 Å². The Morgan fingerprint density at radius 3 is 2.07 bits per heavy atom. The second-order valence-electron chi connectivity index (χ2n) is 5.84. The number of nitrogens with zero attached hydrogens (tertiary/aromatic N) is 1. The van der Waals surface area contributed by atoms with Gasteiger partial charge in [0.05, 0.1) is 4.90 Å². The maximum atomic E-state index is 12.4. The second kappa shape index (κ2) is 9.34. The maximum absolute atomic E-state index is 12.4. The van der Waals surface area contributed by atoms with Crippen molar-refractivity contribution < 1.29 is 22.7 Å². The summed E-state index contributed by atoms with van der Waals surface area (Å²) in [7, 11) is -3.54. The predicted molar refractivity (Wildman–Crippen MR) is 106 cm³/mol. The Bertz CT molecular complexity index is 921. The molecular weight excluding hydrogens is 382 g/mol. The van der Waals surface area contributed by atoms with Gasteiger partial charge in [-0.25, -0.2) is 8.42 Å².